The second-order valence-corrected chi connectivity index (χ2v) is 5.46. The summed E-state index contributed by atoms with van der Waals surface area (Å²) >= 11 is 0. The molecular formula is C20H22O4. The maximum atomic E-state index is 11.6. The maximum absolute atomic E-state index is 11.6. The Bertz CT molecular complexity index is 662. The Kier molecular flexibility index (Phi) is 6.58. The highest BCUT2D eigenvalue weighted by molar-refractivity contribution is 5.87. The van der Waals surface area contributed by atoms with Crippen molar-refractivity contribution < 1.29 is 19.0 Å². The van der Waals surface area contributed by atoms with Crippen LogP contribution in [0, 0.1) is 0 Å². The van der Waals surface area contributed by atoms with Gasteiger partial charge in [0, 0.05) is 12.7 Å². The maximum Gasteiger partial charge on any atom is 0.333 e. The number of rotatable bonds is 8. The van der Waals surface area contributed by atoms with Crippen LogP contribution in [-0.4, -0.2) is 32.4 Å². The summed E-state index contributed by atoms with van der Waals surface area (Å²) < 4.78 is 16.0. The average molecular weight is 326 g/mol. The molecule has 24 heavy (non-hydrogen) atoms. The van der Waals surface area contributed by atoms with Crippen molar-refractivity contribution >= 4 is 5.97 Å². The van der Waals surface area contributed by atoms with E-state index in [0.29, 0.717) is 11.3 Å². The summed E-state index contributed by atoms with van der Waals surface area (Å²) in [5, 5.41) is 0. The van der Waals surface area contributed by atoms with E-state index in [1.54, 1.807) is 14.0 Å². The molecule has 0 radical (unpaired) electrons. The van der Waals surface area contributed by atoms with Gasteiger partial charge in [0.05, 0.1) is 6.61 Å². The molecule has 0 saturated carbocycles. The molecule has 0 saturated heterocycles. The molecule has 0 heterocycles. The molecule has 2 aromatic carbocycles. The molecule has 2 aromatic rings. The molecule has 4 nitrogen and oxygen atoms in total. The lowest BCUT2D eigenvalue weighted by Gasteiger charge is -2.18. The minimum Gasteiger partial charge on any atom is -0.490 e. The van der Waals surface area contributed by atoms with Gasteiger partial charge in [-0.2, -0.15) is 0 Å². The van der Waals surface area contributed by atoms with Crippen LogP contribution in [-0.2, 0) is 14.3 Å². The fourth-order valence-corrected chi connectivity index (χ4v) is 2.12. The third-order valence-corrected chi connectivity index (χ3v) is 3.37. The zero-order chi connectivity index (χ0) is 17.4. The van der Waals surface area contributed by atoms with Gasteiger partial charge in [-0.25, -0.2) is 4.79 Å². The molecule has 0 N–H and O–H groups in total. The third-order valence-electron chi connectivity index (χ3n) is 3.37. The van der Waals surface area contributed by atoms with Gasteiger partial charge in [-0.1, -0.05) is 49.0 Å². The Balaban J connectivity index is 1.94. The zero-order valence-electron chi connectivity index (χ0n) is 14.0. The van der Waals surface area contributed by atoms with Crippen LogP contribution < -0.4 is 4.74 Å². The van der Waals surface area contributed by atoms with E-state index in [-0.39, 0.29) is 13.2 Å². The smallest absolute Gasteiger partial charge is 0.333 e. The van der Waals surface area contributed by atoms with E-state index in [4.69, 9.17) is 14.2 Å². The SMILES string of the molecule is C=C(C)C(=O)OC(COC)COc1ccc(-c2ccccc2)cc1. The topological polar surface area (TPSA) is 44.8 Å². The largest absolute Gasteiger partial charge is 0.490 e. The van der Waals surface area contributed by atoms with Gasteiger partial charge in [0.1, 0.15) is 12.4 Å². The van der Waals surface area contributed by atoms with Gasteiger partial charge in [0.2, 0.25) is 0 Å². The number of esters is 1. The number of carbonyl (C=O) groups is 1. The summed E-state index contributed by atoms with van der Waals surface area (Å²) in [4.78, 5) is 11.6. The van der Waals surface area contributed by atoms with Gasteiger partial charge in [-0.15, -0.1) is 0 Å². The van der Waals surface area contributed by atoms with Crippen LogP contribution in [0.1, 0.15) is 6.92 Å². The van der Waals surface area contributed by atoms with Gasteiger partial charge >= 0.3 is 5.97 Å². The van der Waals surface area contributed by atoms with Crippen molar-refractivity contribution in [3.05, 3.63) is 66.7 Å². The van der Waals surface area contributed by atoms with Crippen molar-refractivity contribution in [3.63, 3.8) is 0 Å². The Hall–Kier alpha value is -2.59. The molecule has 126 valence electrons. The van der Waals surface area contributed by atoms with E-state index in [0.717, 1.165) is 11.1 Å². The van der Waals surface area contributed by atoms with Crippen LogP contribution in [0.4, 0.5) is 0 Å². The highest BCUT2D eigenvalue weighted by Gasteiger charge is 2.16. The van der Waals surface area contributed by atoms with Crippen molar-refractivity contribution in [2.45, 2.75) is 13.0 Å². The van der Waals surface area contributed by atoms with Crippen molar-refractivity contribution in [3.8, 4) is 16.9 Å². The van der Waals surface area contributed by atoms with E-state index in [1.165, 1.54) is 0 Å². The van der Waals surface area contributed by atoms with Gasteiger partial charge in [0.25, 0.3) is 0 Å². The molecule has 0 aliphatic heterocycles. The van der Waals surface area contributed by atoms with Crippen LogP contribution >= 0.6 is 0 Å². The minimum atomic E-state index is -0.479. The molecule has 1 atom stereocenters. The Morgan fingerprint density at radius 3 is 2.21 bits per heavy atom. The normalized spacial score (nSPS) is 11.6. The fraction of sp³-hybridized carbons (Fsp3) is 0.250. The van der Waals surface area contributed by atoms with Crippen molar-refractivity contribution in [1.29, 1.82) is 0 Å². The van der Waals surface area contributed by atoms with Crippen LogP contribution in [0.25, 0.3) is 11.1 Å². The predicted octanol–water partition coefficient (Wildman–Crippen LogP) is 3.87. The lowest BCUT2D eigenvalue weighted by atomic mass is 10.1. The summed E-state index contributed by atoms with van der Waals surface area (Å²) in [7, 11) is 1.55. The first-order valence-corrected chi connectivity index (χ1v) is 7.74. The number of hydrogen-bond acceptors (Lipinski definition) is 4. The predicted molar refractivity (Wildman–Crippen MR) is 93.9 cm³/mol. The monoisotopic (exact) mass is 326 g/mol. The summed E-state index contributed by atoms with van der Waals surface area (Å²) in [5.74, 6) is 0.266. The Labute approximate surface area is 142 Å². The summed E-state index contributed by atoms with van der Waals surface area (Å²) in [6.45, 7) is 5.66. The van der Waals surface area contributed by atoms with Crippen molar-refractivity contribution in [1.82, 2.24) is 0 Å². The van der Waals surface area contributed by atoms with Gasteiger partial charge in [-0.3, -0.25) is 0 Å². The quantitative estimate of drug-likeness (QED) is 0.546. The first kappa shape index (κ1) is 17.8. The van der Waals surface area contributed by atoms with E-state index < -0.39 is 12.1 Å². The molecule has 1 unspecified atom stereocenters. The number of benzene rings is 2. The van der Waals surface area contributed by atoms with Gasteiger partial charge in [-0.05, 0) is 30.2 Å². The Morgan fingerprint density at radius 1 is 1.00 bits per heavy atom. The fourth-order valence-electron chi connectivity index (χ4n) is 2.12. The number of hydrogen-bond donors (Lipinski definition) is 0. The summed E-state index contributed by atoms with van der Waals surface area (Å²) in [5.41, 5.74) is 2.62. The van der Waals surface area contributed by atoms with Gasteiger partial charge in [0.15, 0.2) is 6.10 Å². The van der Waals surface area contributed by atoms with Crippen molar-refractivity contribution in [2.75, 3.05) is 20.3 Å². The third kappa shape index (κ3) is 5.25. The van der Waals surface area contributed by atoms with E-state index in [2.05, 4.69) is 18.7 Å². The summed E-state index contributed by atoms with van der Waals surface area (Å²) in [6.07, 6.45) is -0.479. The lowest BCUT2D eigenvalue weighted by molar-refractivity contribution is -0.148. The number of carbonyl (C=O) groups excluding carboxylic acids is 1. The highest BCUT2D eigenvalue weighted by atomic mass is 16.6. The molecular weight excluding hydrogens is 304 g/mol. The molecule has 4 heteroatoms. The molecule has 0 aliphatic rings. The van der Waals surface area contributed by atoms with E-state index >= 15 is 0 Å². The average Bonchev–Trinajstić information content (AvgIpc) is 2.61. The molecule has 0 fully saturated rings. The van der Waals surface area contributed by atoms with Crippen LogP contribution in [0.3, 0.4) is 0 Å². The second kappa shape index (κ2) is 8.89. The zero-order valence-corrected chi connectivity index (χ0v) is 14.0. The molecule has 0 bridgehead atoms. The van der Waals surface area contributed by atoms with Gasteiger partial charge < -0.3 is 14.2 Å². The minimum absolute atomic E-state index is 0.220. The van der Waals surface area contributed by atoms with E-state index in [1.807, 2.05) is 42.5 Å². The Morgan fingerprint density at radius 2 is 1.62 bits per heavy atom. The van der Waals surface area contributed by atoms with Crippen LogP contribution in [0.15, 0.2) is 66.7 Å². The number of methoxy groups -OCH3 is 1. The molecule has 0 amide bonds. The summed E-state index contributed by atoms with van der Waals surface area (Å²) in [6, 6.07) is 17.9. The standard InChI is InChI=1S/C20H22O4/c1-15(2)20(21)24-19(13-22-3)14-23-18-11-9-17(10-12-18)16-7-5-4-6-8-16/h4-12,19H,1,13-14H2,2-3H3. The van der Waals surface area contributed by atoms with Crippen LogP contribution in [0.5, 0.6) is 5.75 Å². The van der Waals surface area contributed by atoms with Crippen LogP contribution in [0.2, 0.25) is 0 Å². The highest BCUT2D eigenvalue weighted by Crippen LogP contribution is 2.22. The second-order valence-electron chi connectivity index (χ2n) is 5.46. The molecule has 0 aliphatic carbocycles. The van der Waals surface area contributed by atoms with E-state index in [9.17, 15) is 4.79 Å². The first-order chi connectivity index (χ1) is 11.6. The van der Waals surface area contributed by atoms with Crippen molar-refractivity contribution in [2.24, 2.45) is 0 Å². The molecule has 2 rings (SSSR count). The number of ether oxygens (including phenoxy) is 3. The lowest BCUT2D eigenvalue weighted by Crippen LogP contribution is -2.29. The molecule has 0 spiro atoms. The first-order valence-electron chi connectivity index (χ1n) is 7.74. The molecule has 0 aromatic heterocycles.